The van der Waals surface area contributed by atoms with E-state index >= 15 is 0 Å². The van der Waals surface area contributed by atoms with Gasteiger partial charge in [-0.3, -0.25) is 9.59 Å². The van der Waals surface area contributed by atoms with Crippen LogP contribution >= 0.6 is 0 Å². The molecule has 4 atom stereocenters. The van der Waals surface area contributed by atoms with Crippen molar-refractivity contribution in [2.24, 2.45) is 11.8 Å². The summed E-state index contributed by atoms with van der Waals surface area (Å²) in [5, 5.41) is 0. The van der Waals surface area contributed by atoms with Crippen molar-refractivity contribution in [2.45, 2.75) is 11.1 Å². The molecule has 1 aliphatic carbocycles. The molecule has 0 saturated carbocycles. The molecule has 0 aromatic heterocycles. The summed E-state index contributed by atoms with van der Waals surface area (Å²) in [4.78, 5) is 30.7. The summed E-state index contributed by atoms with van der Waals surface area (Å²) in [5.41, 5.74) is 2.88. The lowest BCUT2D eigenvalue weighted by Crippen LogP contribution is -2.71. The van der Waals surface area contributed by atoms with Gasteiger partial charge < -0.3 is 9.80 Å². The van der Waals surface area contributed by atoms with Gasteiger partial charge in [-0.15, -0.1) is 0 Å². The Kier molecular flexibility index (Phi) is 2.37. The number of fused-ring (bicyclic) bond motifs is 2. The second kappa shape index (κ2) is 4.46. The summed E-state index contributed by atoms with van der Waals surface area (Å²) < 4.78 is 0. The van der Waals surface area contributed by atoms with Gasteiger partial charge in [0.05, 0.1) is 11.1 Å². The third-order valence-electron chi connectivity index (χ3n) is 7.65. The fourth-order valence-electron chi connectivity index (χ4n) is 6.75. The Morgan fingerprint density at radius 3 is 2.32 bits per heavy atom. The predicted molar refractivity (Wildman–Crippen MR) is 104 cm³/mol. The third-order valence-corrected chi connectivity index (χ3v) is 7.65. The lowest BCUT2D eigenvalue weighted by atomic mass is 9.53. The maximum atomic E-state index is 13.3. The van der Waals surface area contributed by atoms with Crippen molar-refractivity contribution in [3.63, 3.8) is 0 Å². The van der Waals surface area contributed by atoms with E-state index in [2.05, 4.69) is 46.2 Å². The second-order valence-corrected chi connectivity index (χ2v) is 8.44. The third kappa shape index (κ3) is 1.27. The minimum absolute atomic E-state index is 0.0118. The van der Waals surface area contributed by atoms with Crippen molar-refractivity contribution in [1.29, 1.82) is 0 Å². The highest BCUT2D eigenvalue weighted by Crippen LogP contribution is 2.66. The van der Waals surface area contributed by atoms with Crippen LogP contribution in [0.3, 0.4) is 0 Å². The Balaban J connectivity index is 1.59. The average Bonchev–Trinajstić information content (AvgIpc) is 3.17. The Hall–Kier alpha value is -3.14. The van der Waals surface area contributed by atoms with Crippen molar-refractivity contribution < 1.29 is 9.59 Å². The van der Waals surface area contributed by atoms with Crippen molar-refractivity contribution in [1.82, 2.24) is 9.80 Å². The van der Waals surface area contributed by atoms with Gasteiger partial charge in [0, 0.05) is 36.1 Å². The molecule has 4 heteroatoms. The van der Waals surface area contributed by atoms with Crippen LogP contribution < -0.4 is 0 Å². The lowest BCUT2D eigenvalue weighted by Gasteiger charge is -2.64. The molecule has 2 aromatic carbocycles. The number of carbonyl (C=O) groups excluding carboxylic acids is 2. The number of rotatable bonds is 0. The van der Waals surface area contributed by atoms with Crippen LogP contribution in [0.1, 0.15) is 31.8 Å². The Labute approximate surface area is 162 Å². The van der Waals surface area contributed by atoms with Crippen LogP contribution in [0, 0.1) is 11.8 Å². The molecule has 1 fully saturated rings. The van der Waals surface area contributed by atoms with E-state index in [0.717, 1.165) is 22.3 Å². The number of carbonyl (C=O) groups is 2. The largest absolute Gasteiger partial charge is 0.324 e. The predicted octanol–water partition coefficient (Wildman–Crippen LogP) is 3.07. The highest BCUT2D eigenvalue weighted by molar-refractivity contribution is 6.03. The minimum atomic E-state index is -0.519. The van der Waals surface area contributed by atoms with Crippen molar-refractivity contribution in [2.75, 3.05) is 13.1 Å². The first-order valence-electron chi connectivity index (χ1n) is 9.89. The maximum absolute atomic E-state index is 13.3. The van der Waals surface area contributed by atoms with Gasteiger partial charge in [-0.2, -0.15) is 0 Å². The van der Waals surface area contributed by atoms with E-state index in [9.17, 15) is 9.59 Å². The standard InChI is InChI=1S/C24H18N2O2/c27-21-17-7-2-4-9-19(17)24-15-11-12-23(20(24)10-5-13-25(21)24)18-8-3-1-6-16(18)22(28)26(23)14-15/h1-12,15,20H,13-14H2. The van der Waals surface area contributed by atoms with Crippen LogP contribution in [-0.4, -0.2) is 34.7 Å². The molecule has 8 rings (SSSR count). The van der Waals surface area contributed by atoms with Gasteiger partial charge in [0.25, 0.3) is 11.8 Å². The highest BCUT2D eigenvalue weighted by atomic mass is 16.2. The lowest BCUT2D eigenvalue weighted by molar-refractivity contribution is -0.0820. The number of hydrogen-bond donors (Lipinski definition) is 0. The molecule has 4 nitrogen and oxygen atoms in total. The van der Waals surface area contributed by atoms with E-state index in [1.54, 1.807) is 0 Å². The van der Waals surface area contributed by atoms with Gasteiger partial charge in [-0.1, -0.05) is 60.7 Å². The molecule has 1 saturated heterocycles. The number of benzene rings is 2. The van der Waals surface area contributed by atoms with Gasteiger partial charge in [-0.25, -0.2) is 0 Å². The smallest absolute Gasteiger partial charge is 0.255 e. The molecule has 2 aromatic rings. The van der Waals surface area contributed by atoms with Crippen LogP contribution in [0.5, 0.6) is 0 Å². The zero-order chi connectivity index (χ0) is 18.7. The summed E-state index contributed by atoms with van der Waals surface area (Å²) in [6.07, 6.45) is 8.88. The second-order valence-electron chi connectivity index (χ2n) is 8.44. The molecule has 5 heterocycles. The first-order chi connectivity index (χ1) is 13.7. The molecule has 6 aliphatic rings. The topological polar surface area (TPSA) is 40.6 Å². The summed E-state index contributed by atoms with van der Waals surface area (Å²) >= 11 is 0. The molecule has 136 valence electrons. The Bertz CT molecular complexity index is 1160. The van der Waals surface area contributed by atoms with Crippen LogP contribution in [0.25, 0.3) is 0 Å². The molecule has 5 aliphatic heterocycles. The van der Waals surface area contributed by atoms with E-state index in [-0.39, 0.29) is 23.7 Å². The molecular formula is C24H18N2O2. The van der Waals surface area contributed by atoms with E-state index < -0.39 is 11.1 Å². The first kappa shape index (κ1) is 14.9. The highest BCUT2D eigenvalue weighted by Gasteiger charge is 2.71. The molecule has 0 N–H and O–H groups in total. The van der Waals surface area contributed by atoms with Crippen LogP contribution in [0.4, 0.5) is 0 Å². The normalized spacial score (nSPS) is 35.6. The minimum Gasteiger partial charge on any atom is -0.324 e. The molecule has 4 unspecified atom stereocenters. The number of piperidine rings is 1. The Morgan fingerprint density at radius 1 is 0.821 bits per heavy atom. The number of nitrogens with zero attached hydrogens (tertiary/aromatic N) is 2. The van der Waals surface area contributed by atoms with Gasteiger partial charge in [-0.05, 0) is 23.3 Å². The fourth-order valence-corrected chi connectivity index (χ4v) is 6.75. The monoisotopic (exact) mass is 366 g/mol. The quantitative estimate of drug-likeness (QED) is 0.673. The van der Waals surface area contributed by atoms with Gasteiger partial charge in [0.2, 0.25) is 0 Å². The molecule has 28 heavy (non-hydrogen) atoms. The van der Waals surface area contributed by atoms with E-state index in [4.69, 9.17) is 0 Å². The molecule has 0 radical (unpaired) electrons. The summed E-state index contributed by atoms with van der Waals surface area (Å²) in [7, 11) is 0. The zero-order valence-electron chi connectivity index (χ0n) is 15.2. The summed E-state index contributed by atoms with van der Waals surface area (Å²) in [6, 6.07) is 16.1. The van der Waals surface area contributed by atoms with Crippen molar-refractivity contribution >= 4 is 11.8 Å². The zero-order valence-corrected chi connectivity index (χ0v) is 15.2. The van der Waals surface area contributed by atoms with Crippen LogP contribution in [-0.2, 0) is 11.1 Å². The average molecular weight is 366 g/mol. The van der Waals surface area contributed by atoms with Gasteiger partial charge in [0.15, 0.2) is 0 Å². The van der Waals surface area contributed by atoms with E-state index in [1.807, 2.05) is 36.4 Å². The summed E-state index contributed by atoms with van der Waals surface area (Å²) in [5.74, 6) is 0.335. The first-order valence-corrected chi connectivity index (χ1v) is 9.89. The number of hydrogen-bond acceptors (Lipinski definition) is 2. The van der Waals surface area contributed by atoms with E-state index in [0.29, 0.717) is 13.1 Å². The Morgan fingerprint density at radius 2 is 1.50 bits per heavy atom. The SMILES string of the molecule is O=C1c2ccccc2C23C=CC(CN12)C12c4ccccc4C(=O)N1CC=CC32. The maximum Gasteiger partial charge on any atom is 0.255 e. The molecule has 2 spiro atoms. The fraction of sp³-hybridized carbons (Fsp3) is 0.250. The van der Waals surface area contributed by atoms with Crippen LogP contribution in [0.15, 0.2) is 72.8 Å². The molecule has 2 bridgehead atoms. The van der Waals surface area contributed by atoms with Crippen molar-refractivity contribution in [3.8, 4) is 0 Å². The summed E-state index contributed by atoms with van der Waals surface area (Å²) in [6.45, 7) is 1.27. The van der Waals surface area contributed by atoms with Crippen molar-refractivity contribution in [3.05, 3.63) is 95.1 Å². The molecule has 2 amide bonds. The number of amides is 2. The van der Waals surface area contributed by atoms with Crippen LogP contribution in [0.2, 0.25) is 0 Å². The van der Waals surface area contributed by atoms with Gasteiger partial charge in [0.1, 0.15) is 0 Å². The van der Waals surface area contributed by atoms with Gasteiger partial charge >= 0.3 is 0 Å². The molecular weight excluding hydrogens is 348 g/mol. The van der Waals surface area contributed by atoms with E-state index in [1.165, 1.54) is 0 Å².